The third-order valence-electron chi connectivity index (χ3n) is 2.51. The number of hydrogen-bond acceptors (Lipinski definition) is 2. The fraction of sp³-hybridized carbons (Fsp3) is 1.00. The summed E-state index contributed by atoms with van der Waals surface area (Å²) in [5.74, 6) is 0. The van der Waals surface area contributed by atoms with Crippen LogP contribution in [-0.4, -0.2) is 16.7 Å². The smallest absolute Gasteiger partial charge is 0.0797 e. The van der Waals surface area contributed by atoms with Gasteiger partial charge in [0, 0.05) is 6.04 Å². The standard InChI is InChI=1S/C8H17NO/c1-2-4-7(9)8(10)5-3-6-8/h7,10H,2-6,9H2,1H3. The minimum atomic E-state index is -0.490. The van der Waals surface area contributed by atoms with Crippen molar-refractivity contribution in [3.63, 3.8) is 0 Å². The molecular weight excluding hydrogens is 126 g/mol. The number of nitrogens with two attached hydrogens (primary N) is 1. The average Bonchev–Trinajstić information content (AvgIpc) is 1.83. The summed E-state index contributed by atoms with van der Waals surface area (Å²) in [6, 6.07) is 0.0197. The normalized spacial score (nSPS) is 25.5. The predicted molar refractivity (Wildman–Crippen MR) is 41.7 cm³/mol. The third-order valence-corrected chi connectivity index (χ3v) is 2.51. The van der Waals surface area contributed by atoms with Crippen LogP contribution in [-0.2, 0) is 0 Å². The van der Waals surface area contributed by atoms with Gasteiger partial charge in [-0.3, -0.25) is 0 Å². The van der Waals surface area contributed by atoms with Crippen LogP contribution in [0.15, 0.2) is 0 Å². The Hall–Kier alpha value is -0.0800. The Kier molecular flexibility index (Phi) is 2.32. The van der Waals surface area contributed by atoms with Crippen LogP contribution in [0.3, 0.4) is 0 Å². The van der Waals surface area contributed by atoms with Crippen LogP contribution in [0.5, 0.6) is 0 Å². The third kappa shape index (κ3) is 1.32. The molecule has 1 aliphatic rings. The Morgan fingerprint density at radius 2 is 2.20 bits per heavy atom. The molecule has 0 aromatic rings. The second kappa shape index (κ2) is 2.89. The van der Waals surface area contributed by atoms with Gasteiger partial charge in [-0.15, -0.1) is 0 Å². The molecule has 2 heteroatoms. The molecule has 0 spiro atoms. The maximum atomic E-state index is 9.68. The summed E-state index contributed by atoms with van der Waals surface area (Å²) in [6.07, 6.45) is 5.00. The number of aliphatic hydroxyl groups is 1. The van der Waals surface area contributed by atoms with Gasteiger partial charge in [-0.05, 0) is 25.7 Å². The van der Waals surface area contributed by atoms with Crippen molar-refractivity contribution in [2.24, 2.45) is 5.73 Å². The molecule has 3 N–H and O–H groups in total. The molecule has 0 aliphatic heterocycles. The highest BCUT2D eigenvalue weighted by molar-refractivity contribution is 4.95. The molecule has 1 atom stereocenters. The molecule has 0 aromatic carbocycles. The Labute approximate surface area is 62.4 Å². The topological polar surface area (TPSA) is 46.2 Å². The first-order chi connectivity index (χ1) is 4.69. The van der Waals surface area contributed by atoms with Gasteiger partial charge in [-0.1, -0.05) is 13.3 Å². The first-order valence-electron chi connectivity index (χ1n) is 4.17. The summed E-state index contributed by atoms with van der Waals surface area (Å²) in [7, 11) is 0. The molecule has 60 valence electrons. The SMILES string of the molecule is CCCC(N)C1(O)CCC1. The van der Waals surface area contributed by atoms with E-state index in [9.17, 15) is 5.11 Å². The zero-order valence-corrected chi connectivity index (χ0v) is 6.64. The van der Waals surface area contributed by atoms with Crippen LogP contribution in [0.25, 0.3) is 0 Å². The highest BCUT2D eigenvalue weighted by atomic mass is 16.3. The van der Waals surface area contributed by atoms with Crippen LogP contribution in [0, 0.1) is 0 Å². The summed E-state index contributed by atoms with van der Waals surface area (Å²) >= 11 is 0. The van der Waals surface area contributed by atoms with E-state index < -0.39 is 5.60 Å². The van der Waals surface area contributed by atoms with Crippen LogP contribution >= 0.6 is 0 Å². The van der Waals surface area contributed by atoms with Gasteiger partial charge in [0.25, 0.3) is 0 Å². The molecule has 1 unspecified atom stereocenters. The molecule has 2 nitrogen and oxygen atoms in total. The highest BCUT2D eigenvalue weighted by Crippen LogP contribution is 2.35. The molecule has 0 saturated heterocycles. The zero-order chi connectivity index (χ0) is 7.61. The van der Waals surface area contributed by atoms with Gasteiger partial charge < -0.3 is 10.8 Å². The van der Waals surface area contributed by atoms with Gasteiger partial charge in [0.1, 0.15) is 0 Å². The lowest BCUT2D eigenvalue weighted by atomic mass is 9.74. The lowest BCUT2D eigenvalue weighted by Crippen LogP contribution is -2.52. The molecule has 1 saturated carbocycles. The lowest BCUT2D eigenvalue weighted by Gasteiger charge is -2.41. The summed E-state index contributed by atoms with van der Waals surface area (Å²) in [5.41, 5.74) is 5.28. The molecule has 0 amide bonds. The summed E-state index contributed by atoms with van der Waals surface area (Å²) < 4.78 is 0. The second-order valence-corrected chi connectivity index (χ2v) is 3.35. The van der Waals surface area contributed by atoms with Gasteiger partial charge in [0.15, 0.2) is 0 Å². The van der Waals surface area contributed by atoms with Crippen LogP contribution in [0.2, 0.25) is 0 Å². The lowest BCUT2D eigenvalue weighted by molar-refractivity contribution is -0.0567. The number of hydrogen-bond donors (Lipinski definition) is 2. The second-order valence-electron chi connectivity index (χ2n) is 3.35. The van der Waals surface area contributed by atoms with Crippen LogP contribution < -0.4 is 5.73 Å². The van der Waals surface area contributed by atoms with Gasteiger partial charge in [0.2, 0.25) is 0 Å². The molecule has 10 heavy (non-hydrogen) atoms. The van der Waals surface area contributed by atoms with E-state index in [4.69, 9.17) is 5.73 Å². The van der Waals surface area contributed by atoms with Crippen molar-refractivity contribution in [2.45, 2.75) is 50.7 Å². The Balaban J connectivity index is 2.31. The van der Waals surface area contributed by atoms with E-state index >= 15 is 0 Å². The number of rotatable bonds is 3. The molecule has 1 rings (SSSR count). The van der Waals surface area contributed by atoms with Crippen molar-refractivity contribution in [3.8, 4) is 0 Å². The van der Waals surface area contributed by atoms with Crippen LogP contribution in [0.1, 0.15) is 39.0 Å². The summed E-state index contributed by atoms with van der Waals surface area (Å²) in [4.78, 5) is 0. The quantitative estimate of drug-likeness (QED) is 0.619. The van der Waals surface area contributed by atoms with E-state index in [1.54, 1.807) is 0 Å². The molecule has 0 aromatic heterocycles. The van der Waals surface area contributed by atoms with Crippen molar-refractivity contribution >= 4 is 0 Å². The van der Waals surface area contributed by atoms with Crippen LogP contribution in [0.4, 0.5) is 0 Å². The monoisotopic (exact) mass is 143 g/mol. The van der Waals surface area contributed by atoms with Crippen molar-refractivity contribution in [1.82, 2.24) is 0 Å². The minimum absolute atomic E-state index is 0.0197. The molecule has 0 bridgehead atoms. The highest BCUT2D eigenvalue weighted by Gasteiger charge is 2.39. The fourth-order valence-corrected chi connectivity index (χ4v) is 1.49. The molecular formula is C8H17NO. The zero-order valence-electron chi connectivity index (χ0n) is 6.64. The van der Waals surface area contributed by atoms with E-state index in [0.717, 1.165) is 32.1 Å². The predicted octanol–water partition coefficient (Wildman–Crippen LogP) is 1.03. The van der Waals surface area contributed by atoms with E-state index in [2.05, 4.69) is 6.92 Å². The van der Waals surface area contributed by atoms with Crippen molar-refractivity contribution in [3.05, 3.63) is 0 Å². The summed E-state index contributed by atoms with van der Waals surface area (Å²) in [6.45, 7) is 2.10. The van der Waals surface area contributed by atoms with Gasteiger partial charge in [-0.25, -0.2) is 0 Å². The van der Waals surface area contributed by atoms with E-state index in [1.807, 2.05) is 0 Å². The van der Waals surface area contributed by atoms with E-state index in [1.165, 1.54) is 0 Å². The Morgan fingerprint density at radius 3 is 2.50 bits per heavy atom. The minimum Gasteiger partial charge on any atom is -0.388 e. The fourth-order valence-electron chi connectivity index (χ4n) is 1.49. The van der Waals surface area contributed by atoms with E-state index in [0.29, 0.717) is 0 Å². The molecule has 0 heterocycles. The average molecular weight is 143 g/mol. The maximum absolute atomic E-state index is 9.68. The molecule has 0 radical (unpaired) electrons. The van der Waals surface area contributed by atoms with Gasteiger partial charge >= 0.3 is 0 Å². The Morgan fingerprint density at radius 1 is 1.60 bits per heavy atom. The van der Waals surface area contributed by atoms with Crippen molar-refractivity contribution in [2.75, 3.05) is 0 Å². The van der Waals surface area contributed by atoms with Gasteiger partial charge in [-0.2, -0.15) is 0 Å². The molecule has 1 aliphatic carbocycles. The first kappa shape index (κ1) is 8.02. The Bertz CT molecular complexity index is 110. The van der Waals surface area contributed by atoms with E-state index in [-0.39, 0.29) is 6.04 Å². The van der Waals surface area contributed by atoms with Crippen molar-refractivity contribution in [1.29, 1.82) is 0 Å². The summed E-state index contributed by atoms with van der Waals surface area (Å²) in [5, 5.41) is 9.68. The maximum Gasteiger partial charge on any atom is 0.0797 e. The van der Waals surface area contributed by atoms with Gasteiger partial charge in [0.05, 0.1) is 5.60 Å². The molecule has 1 fully saturated rings. The van der Waals surface area contributed by atoms with Crippen molar-refractivity contribution < 1.29 is 5.11 Å². The largest absolute Gasteiger partial charge is 0.388 e. The first-order valence-corrected chi connectivity index (χ1v) is 4.17.